The number of hydrogen-bond acceptors (Lipinski definition) is 3. The molecule has 0 aliphatic carbocycles. The normalized spacial score (nSPS) is 2.25. The summed E-state index contributed by atoms with van der Waals surface area (Å²) in [6, 6.07) is 0. The van der Waals surface area contributed by atoms with Crippen LogP contribution in [0.1, 0.15) is 0 Å². The van der Waals surface area contributed by atoms with E-state index in [1.54, 1.807) is 0 Å². The molecule has 0 aromatic carbocycles. The summed E-state index contributed by atoms with van der Waals surface area (Å²) in [4.78, 5) is 0. The molecule has 0 atom stereocenters. The van der Waals surface area contributed by atoms with Crippen LogP contribution in [0.5, 0.6) is 0 Å². The van der Waals surface area contributed by atoms with Gasteiger partial charge in [-0.25, -0.2) is 0 Å². The van der Waals surface area contributed by atoms with Crippen LogP contribution in [0.3, 0.4) is 0 Å². The maximum absolute atomic E-state index is 7.00. The molecule has 0 spiro atoms. The molecular formula is C3H12ClHfO3-. The van der Waals surface area contributed by atoms with E-state index in [1.807, 2.05) is 0 Å². The molecule has 0 aromatic rings. The monoisotopic (exact) mass is 311 g/mol. The second-order valence-corrected chi connectivity index (χ2v) is 0. The van der Waals surface area contributed by atoms with Crippen molar-refractivity contribution in [3.63, 3.8) is 0 Å². The van der Waals surface area contributed by atoms with Crippen molar-refractivity contribution in [2.24, 2.45) is 0 Å². The van der Waals surface area contributed by atoms with Crippen LogP contribution >= 0.6 is 0 Å². The molecule has 54 valence electrons. The molecule has 0 amide bonds. The van der Waals surface area contributed by atoms with Gasteiger partial charge in [-0.3, -0.25) is 0 Å². The first kappa shape index (κ1) is 35.8. The first-order valence-electron chi connectivity index (χ1n) is 1.34. The Morgan fingerprint density at radius 1 is 0.625 bits per heavy atom. The first-order chi connectivity index (χ1) is 3.00. The van der Waals surface area contributed by atoms with E-state index in [-0.39, 0.29) is 38.3 Å². The molecule has 0 aromatic heterocycles. The van der Waals surface area contributed by atoms with Gasteiger partial charge in [-0.2, -0.15) is 0 Å². The molecule has 8 heavy (non-hydrogen) atoms. The second kappa shape index (κ2) is 368. The van der Waals surface area contributed by atoms with Crippen molar-refractivity contribution in [2.75, 3.05) is 21.3 Å². The number of rotatable bonds is 0. The molecule has 0 aliphatic heterocycles. The van der Waals surface area contributed by atoms with Crippen LogP contribution in [0.4, 0.5) is 0 Å². The first-order valence-corrected chi connectivity index (χ1v) is 1.34. The van der Waals surface area contributed by atoms with E-state index in [4.69, 9.17) is 15.3 Å². The zero-order valence-electron chi connectivity index (χ0n) is 5.22. The molecule has 0 heterocycles. The summed E-state index contributed by atoms with van der Waals surface area (Å²) in [5.74, 6) is 0. The molecule has 0 bridgehead atoms. The summed E-state index contributed by atoms with van der Waals surface area (Å²) in [6.45, 7) is 0. The Hall–Kier alpha value is 1.04. The van der Waals surface area contributed by atoms with Gasteiger partial charge in [-0.05, 0) is 0 Å². The Balaban J connectivity index is -0.00000000500. The average molecular weight is 310 g/mol. The predicted octanol–water partition coefficient (Wildman–Crippen LogP) is -4.17. The van der Waals surface area contributed by atoms with Gasteiger partial charge in [0.2, 0.25) is 0 Å². The number of aliphatic hydroxyl groups excluding tert-OH is 3. The fourth-order valence-electron chi connectivity index (χ4n) is 0. The van der Waals surface area contributed by atoms with Gasteiger partial charge in [0.05, 0.1) is 0 Å². The zero-order valence-corrected chi connectivity index (χ0v) is 9.57. The third-order valence-corrected chi connectivity index (χ3v) is 0. The van der Waals surface area contributed by atoms with Gasteiger partial charge in [0.25, 0.3) is 0 Å². The molecule has 0 saturated carbocycles. The average Bonchev–Trinajstić information content (AvgIpc) is 1.81. The van der Waals surface area contributed by atoms with Crippen LogP contribution in [0, 0.1) is 0 Å². The van der Waals surface area contributed by atoms with Crippen LogP contribution in [0.25, 0.3) is 0 Å². The van der Waals surface area contributed by atoms with Crippen molar-refractivity contribution in [1.29, 1.82) is 0 Å². The van der Waals surface area contributed by atoms with Crippen molar-refractivity contribution >= 4 is 0 Å². The van der Waals surface area contributed by atoms with Crippen molar-refractivity contribution in [1.82, 2.24) is 0 Å². The summed E-state index contributed by atoms with van der Waals surface area (Å²) < 4.78 is 0. The molecule has 0 aliphatic rings. The maximum atomic E-state index is 7.00. The minimum atomic E-state index is 0. The van der Waals surface area contributed by atoms with E-state index in [1.165, 1.54) is 0 Å². The van der Waals surface area contributed by atoms with E-state index in [9.17, 15) is 0 Å². The quantitative estimate of drug-likeness (QED) is 0.398. The Bertz CT molecular complexity index is 14.5. The van der Waals surface area contributed by atoms with Gasteiger partial charge in [0.15, 0.2) is 0 Å². The summed E-state index contributed by atoms with van der Waals surface area (Å²) in [5, 5.41) is 21.0. The van der Waals surface area contributed by atoms with E-state index < -0.39 is 0 Å². The SMILES string of the molecule is CO.CO.CO.[Cl-].[Hf]. The minimum absolute atomic E-state index is 0. The van der Waals surface area contributed by atoms with Gasteiger partial charge in [0.1, 0.15) is 0 Å². The molecular weight excluding hydrogens is 298 g/mol. The number of aliphatic hydroxyl groups is 3. The molecule has 0 rings (SSSR count). The molecule has 3 nitrogen and oxygen atoms in total. The van der Waals surface area contributed by atoms with Crippen molar-refractivity contribution in [3.8, 4) is 0 Å². The third-order valence-electron chi connectivity index (χ3n) is 0. The zero-order chi connectivity index (χ0) is 6.00. The number of halogens is 1. The van der Waals surface area contributed by atoms with Gasteiger partial charge < -0.3 is 27.7 Å². The Kier molecular flexibility index (Phi) is 1650. The summed E-state index contributed by atoms with van der Waals surface area (Å²) >= 11 is 0. The van der Waals surface area contributed by atoms with E-state index in [0.717, 1.165) is 21.3 Å². The molecule has 3 N–H and O–H groups in total. The Morgan fingerprint density at radius 2 is 0.625 bits per heavy atom. The van der Waals surface area contributed by atoms with Crippen LogP contribution in [-0.4, -0.2) is 36.6 Å². The van der Waals surface area contributed by atoms with Crippen LogP contribution < -0.4 is 12.4 Å². The van der Waals surface area contributed by atoms with E-state index >= 15 is 0 Å². The fraction of sp³-hybridized carbons (Fsp3) is 1.00. The molecule has 0 unspecified atom stereocenters. The van der Waals surface area contributed by atoms with Gasteiger partial charge in [0, 0.05) is 47.2 Å². The molecule has 5 heteroatoms. The second-order valence-electron chi connectivity index (χ2n) is 0. The largest absolute Gasteiger partial charge is 1.00 e. The molecule has 0 radical (unpaired) electrons. The predicted molar refractivity (Wildman–Crippen MR) is 24.4 cm³/mol. The summed E-state index contributed by atoms with van der Waals surface area (Å²) in [5.41, 5.74) is 0. The minimum Gasteiger partial charge on any atom is -1.00 e. The smallest absolute Gasteiger partial charge is 0.0319 e. The van der Waals surface area contributed by atoms with Gasteiger partial charge in [-0.15, -0.1) is 0 Å². The standard InChI is InChI=1S/3CH4O.ClH.Hf/c3*1-2;;/h3*2H,1H3;1H;/p-1. The molecule has 0 saturated heterocycles. The van der Waals surface area contributed by atoms with Crippen molar-refractivity contribution in [3.05, 3.63) is 0 Å². The Morgan fingerprint density at radius 3 is 0.625 bits per heavy atom. The molecule has 0 fully saturated rings. The maximum Gasteiger partial charge on any atom is 0.0319 e. The summed E-state index contributed by atoms with van der Waals surface area (Å²) in [7, 11) is 3.00. The van der Waals surface area contributed by atoms with Crippen molar-refractivity contribution in [2.45, 2.75) is 0 Å². The topological polar surface area (TPSA) is 60.7 Å². The van der Waals surface area contributed by atoms with Crippen LogP contribution in [-0.2, 0) is 25.8 Å². The third kappa shape index (κ3) is 237. The summed E-state index contributed by atoms with van der Waals surface area (Å²) in [6.07, 6.45) is 0. The van der Waals surface area contributed by atoms with Crippen molar-refractivity contribution < 1.29 is 53.6 Å². The van der Waals surface area contributed by atoms with Gasteiger partial charge in [-0.1, -0.05) is 0 Å². The van der Waals surface area contributed by atoms with Crippen LogP contribution in [0.15, 0.2) is 0 Å². The van der Waals surface area contributed by atoms with E-state index in [0.29, 0.717) is 0 Å². The van der Waals surface area contributed by atoms with Crippen LogP contribution in [0.2, 0.25) is 0 Å². The number of hydrogen-bond donors (Lipinski definition) is 3. The fourth-order valence-corrected chi connectivity index (χ4v) is 0. The Labute approximate surface area is 74.9 Å². The van der Waals surface area contributed by atoms with E-state index in [2.05, 4.69) is 0 Å². The van der Waals surface area contributed by atoms with Gasteiger partial charge >= 0.3 is 0 Å².